The maximum absolute atomic E-state index is 6.09. The van der Waals surface area contributed by atoms with E-state index in [1.807, 2.05) is 12.1 Å². The zero-order chi connectivity index (χ0) is 14.7. The van der Waals surface area contributed by atoms with Gasteiger partial charge in [-0.15, -0.1) is 0 Å². The Kier molecular flexibility index (Phi) is 4.69. The zero-order valence-corrected chi connectivity index (χ0v) is 13.0. The van der Waals surface area contributed by atoms with Crippen LogP contribution in [0.5, 0.6) is 0 Å². The number of halogens is 1. The van der Waals surface area contributed by atoms with E-state index in [4.69, 9.17) is 17.3 Å². The summed E-state index contributed by atoms with van der Waals surface area (Å²) in [7, 11) is 2.08. The van der Waals surface area contributed by atoms with Gasteiger partial charge in [-0.3, -0.25) is 0 Å². The van der Waals surface area contributed by atoms with Gasteiger partial charge in [0.05, 0.1) is 0 Å². The van der Waals surface area contributed by atoms with Crippen LogP contribution in [0.15, 0.2) is 36.4 Å². The van der Waals surface area contributed by atoms with Crippen LogP contribution in [-0.2, 0) is 6.42 Å². The Hall–Kier alpha value is -1.51. The molecule has 106 valence electrons. The third-order valence-electron chi connectivity index (χ3n) is 3.41. The molecule has 0 fully saturated rings. The van der Waals surface area contributed by atoms with E-state index in [1.165, 1.54) is 22.4 Å². The molecule has 0 aromatic heterocycles. The molecule has 0 saturated heterocycles. The van der Waals surface area contributed by atoms with Crippen LogP contribution in [0.3, 0.4) is 0 Å². The Balaban J connectivity index is 2.44. The van der Waals surface area contributed by atoms with E-state index in [-0.39, 0.29) is 0 Å². The summed E-state index contributed by atoms with van der Waals surface area (Å²) < 4.78 is 0. The molecule has 0 aliphatic rings. The third-order valence-corrected chi connectivity index (χ3v) is 3.65. The van der Waals surface area contributed by atoms with Crippen LogP contribution in [0.2, 0.25) is 5.02 Å². The fourth-order valence-corrected chi connectivity index (χ4v) is 2.72. The zero-order valence-electron chi connectivity index (χ0n) is 12.3. The first-order chi connectivity index (χ1) is 9.51. The molecular weight excluding hydrogens is 268 g/mol. The molecule has 0 amide bonds. The fraction of sp³-hybridized carbons (Fsp3) is 0.294. The maximum Gasteiger partial charge on any atom is 0.0442 e. The molecule has 2 aromatic carbocycles. The lowest BCUT2D eigenvalue weighted by Crippen LogP contribution is -2.14. The lowest BCUT2D eigenvalue weighted by atomic mass is 10.1. The second kappa shape index (κ2) is 6.29. The largest absolute Gasteiger partial charge is 0.344 e. The molecule has 2 rings (SSSR count). The fourth-order valence-electron chi connectivity index (χ4n) is 2.52. The number of hydrogen-bond donors (Lipinski definition) is 1. The number of rotatable bonds is 4. The smallest absolute Gasteiger partial charge is 0.0442 e. The first-order valence-corrected chi connectivity index (χ1v) is 7.19. The van der Waals surface area contributed by atoms with Gasteiger partial charge in [0.1, 0.15) is 0 Å². The van der Waals surface area contributed by atoms with Crippen LogP contribution in [0.1, 0.15) is 16.7 Å². The van der Waals surface area contributed by atoms with Crippen LogP contribution in [0, 0.1) is 13.8 Å². The highest BCUT2D eigenvalue weighted by molar-refractivity contribution is 6.30. The number of anilines is 2. The quantitative estimate of drug-likeness (QED) is 0.912. The monoisotopic (exact) mass is 288 g/mol. The summed E-state index contributed by atoms with van der Waals surface area (Å²) >= 11 is 6.09. The van der Waals surface area contributed by atoms with Gasteiger partial charge in [-0.25, -0.2) is 0 Å². The molecule has 2 aromatic rings. The highest BCUT2D eigenvalue weighted by Crippen LogP contribution is 2.30. The summed E-state index contributed by atoms with van der Waals surface area (Å²) in [5.74, 6) is 0. The molecule has 0 aliphatic carbocycles. The number of nitrogens with zero attached hydrogens (tertiary/aromatic N) is 1. The summed E-state index contributed by atoms with van der Waals surface area (Å²) in [6, 6.07) is 12.5. The number of hydrogen-bond acceptors (Lipinski definition) is 2. The van der Waals surface area contributed by atoms with Crippen molar-refractivity contribution in [1.29, 1.82) is 0 Å². The molecule has 0 atom stereocenters. The van der Waals surface area contributed by atoms with Crippen LogP contribution in [0.25, 0.3) is 0 Å². The van der Waals surface area contributed by atoms with Crippen molar-refractivity contribution in [2.24, 2.45) is 5.73 Å². The van der Waals surface area contributed by atoms with Gasteiger partial charge in [0.15, 0.2) is 0 Å². The van der Waals surface area contributed by atoms with E-state index >= 15 is 0 Å². The van der Waals surface area contributed by atoms with Gasteiger partial charge >= 0.3 is 0 Å². The summed E-state index contributed by atoms with van der Waals surface area (Å²) in [4.78, 5) is 2.20. The van der Waals surface area contributed by atoms with E-state index in [1.54, 1.807) is 0 Å². The molecule has 0 bridgehead atoms. The summed E-state index contributed by atoms with van der Waals surface area (Å²) in [6.45, 7) is 4.86. The van der Waals surface area contributed by atoms with Crippen LogP contribution in [-0.4, -0.2) is 13.6 Å². The standard InChI is InChI=1S/C17H21ClN2/c1-12-8-13(2)10-16(9-12)20(3)17-5-4-15(18)11-14(17)6-7-19/h4-5,8-11H,6-7,19H2,1-3H3. The van der Waals surface area contributed by atoms with Crippen LogP contribution in [0.4, 0.5) is 11.4 Å². The molecule has 0 saturated carbocycles. The minimum atomic E-state index is 0.619. The van der Waals surface area contributed by atoms with E-state index in [9.17, 15) is 0 Å². The van der Waals surface area contributed by atoms with Crippen molar-refractivity contribution in [1.82, 2.24) is 0 Å². The van der Waals surface area contributed by atoms with Crippen molar-refractivity contribution in [2.75, 3.05) is 18.5 Å². The Labute approximate surface area is 126 Å². The van der Waals surface area contributed by atoms with Gasteiger partial charge in [-0.05, 0) is 73.8 Å². The first kappa shape index (κ1) is 14.9. The highest BCUT2D eigenvalue weighted by atomic mass is 35.5. The van der Waals surface area contributed by atoms with Gasteiger partial charge < -0.3 is 10.6 Å². The SMILES string of the molecule is Cc1cc(C)cc(N(C)c2ccc(Cl)cc2CCN)c1. The second-order valence-corrected chi connectivity index (χ2v) is 5.65. The summed E-state index contributed by atoms with van der Waals surface area (Å²) in [6.07, 6.45) is 0.824. The summed E-state index contributed by atoms with van der Waals surface area (Å²) in [5.41, 5.74) is 11.8. The van der Waals surface area contributed by atoms with Gasteiger partial charge in [-0.2, -0.15) is 0 Å². The predicted octanol–water partition coefficient (Wildman–Crippen LogP) is 4.23. The highest BCUT2D eigenvalue weighted by Gasteiger charge is 2.10. The Bertz CT molecular complexity index is 588. The summed E-state index contributed by atoms with van der Waals surface area (Å²) in [5, 5.41) is 0.756. The molecule has 0 heterocycles. The van der Waals surface area contributed by atoms with E-state index in [0.717, 1.165) is 17.1 Å². The molecule has 2 nitrogen and oxygen atoms in total. The predicted molar refractivity (Wildman–Crippen MR) is 88.2 cm³/mol. The van der Waals surface area contributed by atoms with Crippen molar-refractivity contribution in [3.63, 3.8) is 0 Å². The van der Waals surface area contributed by atoms with Crippen molar-refractivity contribution in [3.8, 4) is 0 Å². The van der Waals surface area contributed by atoms with Crippen molar-refractivity contribution < 1.29 is 0 Å². The average molecular weight is 289 g/mol. The normalized spacial score (nSPS) is 10.7. The van der Waals surface area contributed by atoms with E-state index in [0.29, 0.717) is 6.54 Å². The molecule has 0 spiro atoms. The molecular formula is C17H21ClN2. The first-order valence-electron chi connectivity index (χ1n) is 6.82. The van der Waals surface area contributed by atoms with Crippen LogP contribution < -0.4 is 10.6 Å². The van der Waals surface area contributed by atoms with Gasteiger partial charge in [0.25, 0.3) is 0 Å². The Morgan fingerprint density at radius 1 is 1.05 bits per heavy atom. The lowest BCUT2D eigenvalue weighted by Gasteiger charge is -2.24. The Morgan fingerprint density at radius 2 is 1.70 bits per heavy atom. The third kappa shape index (κ3) is 3.33. The molecule has 0 radical (unpaired) electrons. The number of benzene rings is 2. The number of nitrogens with two attached hydrogens (primary N) is 1. The molecule has 0 aliphatic heterocycles. The molecule has 0 unspecified atom stereocenters. The minimum absolute atomic E-state index is 0.619. The van der Waals surface area contributed by atoms with Crippen LogP contribution >= 0.6 is 11.6 Å². The average Bonchev–Trinajstić information content (AvgIpc) is 2.37. The molecule has 3 heteroatoms. The second-order valence-electron chi connectivity index (χ2n) is 5.22. The lowest BCUT2D eigenvalue weighted by molar-refractivity contribution is 0.961. The van der Waals surface area contributed by atoms with Gasteiger partial charge in [-0.1, -0.05) is 17.7 Å². The van der Waals surface area contributed by atoms with Crippen molar-refractivity contribution >= 4 is 23.0 Å². The Morgan fingerprint density at radius 3 is 2.30 bits per heavy atom. The maximum atomic E-state index is 6.09. The molecule has 20 heavy (non-hydrogen) atoms. The minimum Gasteiger partial charge on any atom is -0.344 e. The van der Waals surface area contributed by atoms with Gasteiger partial charge in [0.2, 0.25) is 0 Å². The topological polar surface area (TPSA) is 29.3 Å². The van der Waals surface area contributed by atoms with Crippen molar-refractivity contribution in [2.45, 2.75) is 20.3 Å². The number of aryl methyl sites for hydroxylation is 2. The van der Waals surface area contributed by atoms with E-state index < -0.39 is 0 Å². The van der Waals surface area contributed by atoms with Gasteiger partial charge in [0, 0.05) is 23.4 Å². The van der Waals surface area contributed by atoms with Crippen molar-refractivity contribution in [3.05, 3.63) is 58.1 Å². The van der Waals surface area contributed by atoms with E-state index in [2.05, 4.69) is 50.1 Å². The molecule has 2 N–H and O–H groups in total.